The molecular weight excluding hydrogens is 695 g/mol. The van der Waals surface area contributed by atoms with E-state index >= 15 is 0 Å². The van der Waals surface area contributed by atoms with Crippen LogP contribution in [-0.2, 0) is 45.3 Å². The number of nitrogens with zero attached hydrogens (tertiary/aromatic N) is 6. The fourth-order valence-corrected chi connectivity index (χ4v) is 10.2. The summed E-state index contributed by atoms with van der Waals surface area (Å²) in [6.07, 6.45) is 31.8. The summed E-state index contributed by atoms with van der Waals surface area (Å²) in [5.74, 6) is 1.00. The Hall–Kier alpha value is -3.56. The van der Waals surface area contributed by atoms with Crippen molar-refractivity contribution < 1.29 is 35.3 Å². The molecule has 0 spiro atoms. The largest absolute Gasteiger partial charge is 3.00 e. The number of aromatic nitrogens is 4. The molecule has 8 bridgehead atoms. The minimum atomic E-state index is 0. The van der Waals surface area contributed by atoms with E-state index in [1.165, 1.54) is 22.3 Å². The summed E-state index contributed by atoms with van der Waals surface area (Å²) in [6.45, 7) is 0. The second-order valence-corrected chi connectivity index (χ2v) is 16.2. The Balaban J connectivity index is 0.00000400. The number of hydrogen-bond donors (Lipinski definition) is 2. The van der Waals surface area contributed by atoms with Crippen LogP contribution < -0.4 is 28.9 Å². The number of aryl methyl sites for hydroxylation is 4. The normalized spacial score (nSPS) is 34.6. The van der Waals surface area contributed by atoms with Crippen LogP contribution in [0.4, 0.5) is 0 Å². The van der Waals surface area contributed by atoms with Gasteiger partial charge < -0.3 is 21.3 Å². The Morgan fingerprint density at radius 1 is 0.396 bits per heavy atom. The zero-order chi connectivity index (χ0) is 35.3. The van der Waals surface area contributed by atoms with Crippen LogP contribution in [0, 0.1) is 0 Å². The molecule has 0 radical (unpaired) electrons. The molecule has 0 aromatic carbocycles. The van der Waals surface area contributed by atoms with Crippen LogP contribution in [0.5, 0.6) is 0 Å². The van der Waals surface area contributed by atoms with Crippen molar-refractivity contribution in [2.45, 2.75) is 97.7 Å². The molecule has 9 heterocycles. The van der Waals surface area contributed by atoms with E-state index in [1.807, 2.05) is 0 Å². The molecule has 9 rings (SSSR count). The van der Waals surface area contributed by atoms with Gasteiger partial charge in [0.05, 0.1) is 0 Å². The van der Waals surface area contributed by atoms with E-state index in [9.17, 15) is 0 Å². The molecule has 12 unspecified atom stereocenters. The molecule has 3 fully saturated rings. The third-order valence-corrected chi connectivity index (χ3v) is 12.9. The van der Waals surface area contributed by atoms with Crippen molar-refractivity contribution in [2.75, 3.05) is 0 Å². The zero-order valence-electron chi connectivity index (χ0n) is 31.4. The molecule has 4 aromatic heterocycles. The summed E-state index contributed by atoms with van der Waals surface area (Å²) < 4.78 is 8.56. The van der Waals surface area contributed by atoms with E-state index in [1.54, 1.807) is 0 Å². The number of fused-ring (bicyclic) bond motifs is 8. The van der Waals surface area contributed by atoms with Crippen LogP contribution in [0.2, 0.25) is 0 Å². The summed E-state index contributed by atoms with van der Waals surface area (Å²) in [4.78, 5) is 0. The van der Waals surface area contributed by atoms with Gasteiger partial charge in [0, 0.05) is 72.7 Å². The van der Waals surface area contributed by atoms with Gasteiger partial charge in [-0.25, -0.2) is 18.3 Å². The first-order valence-corrected chi connectivity index (χ1v) is 19.5. The SMILES string of the molecule is C[n+]1ccc(C2C3CCC([N-]3)C(c3cc[n+](C)cc3)C3C=CC(N3)C(c3cc[n+](C)cc3)C3CCC([N-]3)C(c3cc[n+](C)cc3)C3C=CC2N3)cc1.[Mn+3]. The first-order chi connectivity index (χ1) is 25.4. The smallest absolute Gasteiger partial charge is 0.656 e. The second-order valence-electron chi connectivity index (χ2n) is 16.2. The van der Waals surface area contributed by atoms with E-state index < -0.39 is 0 Å². The minimum Gasteiger partial charge on any atom is -0.656 e. The second kappa shape index (κ2) is 15.3. The van der Waals surface area contributed by atoms with E-state index in [0.29, 0.717) is 0 Å². The Morgan fingerprint density at radius 2 is 0.604 bits per heavy atom. The first-order valence-electron chi connectivity index (χ1n) is 19.5. The van der Waals surface area contributed by atoms with Crippen molar-refractivity contribution in [1.29, 1.82) is 0 Å². The van der Waals surface area contributed by atoms with Gasteiger partial charge in [-0.05, 0) is 45.9 Å². The molecule has 0 aliphatic carbocycles. The topological polar surface area (TPSA) is 67.8 Å². The average molecular weight is 750 g/mol. The van der Waals surface area contributed by atoms with Crippen molar-refractivity contribution in [3.63, 3.8) is 0 Å². The third-order valence-electron chi connectivity index (χ3n) is 12.9. The van der Waals surface area contributed by atoms with Gasteiger partial charge in [0.2, 0.25) is 0 Å². The van der Waals surface area contributed by atoms with Gasteiger partial charge in [-0.1, -0.05) is 50.0 Å². The maximum absolute atomic E-state index is 5.84. The molecular formula is C44H54MnN8+5. The van der Waals surface area contributed by atoms with Gasteiger partial charge in [0.25, 0.3) is 0 Å². The van der Waals surface area contributed by atoms with Crippen LogP contribution in [0.3, 0.4) is 0 Å². The molecule has 272 valence electrons. The van der Waals surface area contributed by atoms with Crippen molar-refractivity contribution in [2.24, 2.45) is 28.2 Å². The molecule has 9 heteroatoms. The minimum absolute atomic E-state index is 0. The molecule has 0 saturated carbocycles. The monoisotopic (exact) mass is 749 g/mol. The van der Waals surface area contributed by atoms with E-state index in [2.05, 4.69) is 180 Å². The van der Waals surface area contributed by atoms with Gasteiger partial charge in [0.1, 0.15) is 28.2 Å². The fourth-order valence-electron chi connectivity index (χ4n) is 10.2. The zero-order valence-corrected chi connectivity index (χ0v) is 32.5. The Labute approximate surface area is 325 Å². The van der Waals surface area contributed by atoms with Crippen LogP contribution in [0.15, 0.2) is 122 Å². The van der Waals surface area contributed by atoms with Crippen molar-refractivity contribution in [3.05, 3.63) is 155 Å². The van der Waals surface area contributed by atoms with E-state index in [0.717, 1.165) is 25.7 Å². The number of nitrogens with one attached hydrogen (secondary N) is 2. The average Bonchev–Trinajstić information content (AvgIpc) is 3.99. The standard InChI is InChI=1S/C44H54N8.Mn/c1-49-21-13-29(14-22-49)41-33-5-7-35(45-33)42(30-15-23-50(2)24-16-30)37-9-11-39(47-37)44(32-19-27-52(4)28-20-32)40-12-10-38(48-40)43(36-8-6-34(41)46-36)31-17-25-51(3)26-18-31;/h5,7,10,12-28,33-45,48H,6,8-9,11H2,1-4H3;/q+2;+3. The predicted molar refractivity (Wildman–Crippen MR) is 201 cm³/mol. The van der Waals surface area contributed by atoms with Crippen molar-refractivity contribution in [1.82, 2.24) is 10.6 Å². The Kier molecular flexibility index (Phi) is 10.5. The van der Waals surface area contributed by atoms with Crippen molar-refractivity contribution >= 4 is 0 Å². The van der Waals surface area contributed by atoms with Crippen LogP contribution >= 0.6 is 0 Å². The van der Waals surface area contributed by atoms with Crippen LogP contribution in [0.25, 0.3) is 10.6 Å². The predicted octanol–water partition coefficient (Wildman–Crippen LogP) is 4.03. The Morgan fingerprint density at radius 3 is 0.811 bits per heavy atom. The molecule has 4 aromatic rings. The maximum Gasteiger partial charge on any atom is 3.00 e. The van der Waals surface area contributed by atoms with Gasteiger partial charge in [-0.3, -0.25) is 0 Å². The van der Waals surface area contributed by atoms with Gasteiger partial charge in [-0.15, -0.1) is 24.2 Å². The van der Waals surface area contributed by atoms with E-state index in [4.69, 9.17) is 10.6 Å². The summed E-state index contributed by atoms with van der Waals surface area (Å²) in [5, 5.41) is 20.1. The molecule has 5 aliphatic rings. The van der Waals surface area contributed by atoms with E-state index in [-0.39, 0.29) is 89.1 Å². The fraction of sp³-hybridized carbons (Fsp3) is 0.455. The molecule has 5 aliphatic heterocycles. The molecule has 12 atom stereocenters. The maximum atomic E-state index is 5.84. The summed E-state index contributed by atoms with van der Waals surface area (Å²) in [7, 11) is 8.42. The number of rotatable bonds is 4. The molecule has 0 amide bonds. The van der Waals surface area contributed by atoms with Gasteiger partial charge in [0.15, 0.2) is 49.6 Å². The molecule has 2 N–H and O–H groups in total. The molecule has 53 heavy (non-hydrogen) atoms. The van der Waals surface area contributed by atoms with Crippen LogP contribution in [0.1, 0.15) is 71.6 Å². The van der Waals surface area contributed by atoms with Gasteiger partial charge in [-0.2, -0.15) is 0 Å². The molecule has 8 nitrogen and oxygen atoms in total. The number of hydrogen-bond acceptors (Lipinski definition) is 2. The van der Waals surface area contributed by atoms with Crippen molar-refractivity contribution in [3.8, 4) is 0 Å². The summed E-state index contributed by atoms with van der Waals surface area (Å²) in [6, 6.07) is 20.3. The quantitative estimate of drug-likeness (QED) is 0.188. The molecule has 3 saturated heterocycles. The first kappa shape index (κ1) is 36.4. The van der Waals surface area contributed by atoms with Gasteiger partial charge >= 0.3 is 17.1 Å². The van der Waals surface area contributed by atoms with Crippen LogP contribution in [-0.4, -0.2) is 48.3 Å². The summed E-state index contributed by atoms with van der Waals surface area (Å²) >= 11 is 0. The number of pyridine rings is 4. The summed E-state index contributed by atoms with van der Waals surface area (Å²) in [5.41, 5.74) is 5.47. The third kappa shape index (κ3) is 7.20. The Bertz CT molecular complexity index is 1640.